The van der Waals surface area contributed by atoms with E-state index < -0.39 is 5.97 Å². The normalized spacial score (nSPS) is 10.4. The lowest BCUT2D eigenvalue weighted by Gasteiger charge is -2.06. The Morgan fingerprint density at radius 2 is 2.00 bits per heavy atom. The molecule has 0 bridgehead atoms. The Balaban J connectivity index is 2.14. The van der Waals surface area contributed by atoms with Gasteiger partial charge in [-0.05, 0) is 30.5 Å². The number of unbranched alkanes of at least 4 members (excludes halogenated alkanes) is 1. The minimum atomic E-state index is -0.809. The molecular weight excluding hydrogens is 333 g/mol. The molecule has 0 fully saturated rings. The quantitative estimate of drug-likeness (QED) is 0.668. The van der Waals surface area contributed by atoms with Gasteiger partial charge in [0.15, 0.2) is 0 Å². The Bertz CT molecular complexity index is 497. The van der Waals surface area contributed by atoms with Gasteiger partial charge in [-0.15, -0.1) is 11.8 Å². The van der Waals surface area contributed by atoms with E-state index in [9.17, 15) is 9.59 Å². The first-order chi connectivity index (χ1) is 9.99. The Morgan fingerprint density at radius 3 is 2.67 bits per heavy atom. The molecule has 1 amide bonds. The van der Waals surface area contributed by atoms with Crippen molar-refractivity contribution in [3.05, 3.63) is 33.8 Å². The van der Waals surface area contributed by atoms with Gasteiger partial charge in [-0.2, -0.15) is 0 Å². The molecule has 0 aromatic heterocycles. The van der Waals surface area contributed by atoms with E-state index in [0.717, 1.165) is 5.56 Å². The third kappa shape index (κ3) is 8.19. The van der Waals surface area contributed by atoms with Gasteiger partial charge in [-0.25, -0.2) is 0 Å². The Morgan fingerprint density at radius 1 is 1.24 bits per heavy atom. The fourth-order valence-electron chi connectivity index (χ4n) is 1.57. The number of aliphatic carboxylic acids is 1. The summed E-state index contributed by atoms with van der Waals surface area (Å²) in [6.45, 7) is 0.508. The Hall–Kier alpha value is -0.910. The van der Waals surface area contributed by atoms with Crippen LogP contribution in [0.25, 0.3) is 0 Å². The average Bonchev–Trinajstić information content (AvgIpc) is 2.40. The van der Waals surface area contributed by atoms with Crippen molar-refractivity contribution in [1.82, 2.24) is 5.32 Å². The van der Waals surface area contributed by atoms with E-state index in [4.69, 9.17) is 28.3 Å². The van der Waals surface area contributed by atoms with Crippen LogP contribution in [0, 0.1) is 0 Å². The van der Waals surface area contributed by atoms with Crippen molar-refractivity contribution < 1.29 is 14.7 Å². The summed E-state index contributed by atoms with van der Waals surface area (Å²) in [5.41, 5.74) is 0.945. The van der Waals surface area contributed by atoms with Crippen LogP contribution in [0.15, 0.2) is 18.2 Å². The monoisotopic (exact) mass is 349 g/mol. The molecular formula is C14H17Cl2NO3S. The number of carbonyl (C=O) groups excluding carboxylic acids is 1. The van der Waals surface area contributed by atoms with E-state index in [1.807, 2.05) is 6.07 Å². The van der Waals surface area contributed by atoms with Gasteiger partial charge in [0.2, 0.25) is 5.91 Å². The maximum Gasteiger partial charge on any atom is 0.303 e. The minimum Gasteiger partial charge on any atom is -0.481 e. The van der Waals surface area contributed by atoms with E-state index in [1.165, 1.54) is 11.8 Å². The minimum absolute atomic E-state index is 0.0552. The summed E-state index contributed by atoms with van der Waals surface area (Å²) in [5.74, 6) is 0.123. The van der Waals surface area contributed by atoms with Gasteiger partial charge in [0.1, 0.15) is 0 Å². The molecule has 0 unspecified atom stereocenters. The van der Waals surface area contributed by atoms with Crippen LogP contribution in [0.5, 0.6) is 0 Å². The zero-order chi connectivity index (χ0) is 15.7. The van der Waals surface area contributed by atoms with Crippen LogP contribution >= 0.6 is 35.0 Å². The lowest BCUT2D eigenvalue weighted by Crippen LogP contribution is -2.26. The van der Waals surface area contributed by atoms with Crippen LogP contribution in [0.4, 0.5) is 0 Å². The fourth-order valence-corrected chi connectivity index (χ4v) is 2.99. The summed E-state index contributed by atoms with van der Waals surface area (Å²) in [6.07, 6.45) is 1.38. The number of nitrogens with one attached hydrogen (secondary N) is 1. The third-order valence-electron chi connectivity index (χ3n) is 2.65. The largest absolute Gasteiger partial charge is 0.481 e. The van der Waals surface area contributed by atoms with Gasteiger partial charge in [0.25, 0.3) is 0 Å². The van der Waals surface area contributed by atoms with Crippen LogP contribution in [-0.4, -0.2) is 29.3 Å². The molecule has 0 aliphatic heterocycles. The lowest BCUT2D eigenvalue weighted by molar-refractivity contribution is -0.137. The molecule has 7 heteroatoms. The number of carboxylic acids is 1. The first kappa shape index (κ1) is 18.1. The number of thioether (sulfide) groups is 1. The van der Waals surface area contributed by atoms with Crippen LogP contribution in [0.3, 0.4) is 0 Å². The van der Waals surface area contributed by atoms with Gasteiger partial charge in [0, 0.05) is 28.8 Å². The van der Waals surface area contributed by atoms with E-state index in [-0.39, 0.29) is 12.3 Å². The van der Waals surface area contributed by atoms with Crippen LogP contribution in [0.1, 0.15) is 24.8 Å². The van der Waals surface area contributed by atoms with Crippen LogP contribution in [0.2, 0.25) is 10.0 Å². The molecule has 0 saturated heterocycles. The smallest absolute Gasteiger partial charge is 0.303 e. The molecule has 0 radical (unpaired) electrons. The van der Waals surface area contributed by atoms with Gasteiger partial charge >= 0.3 is 5.97 Å². The van der Waals surface area contributed by atoms with E-state index in [2.05, 4.69) is 5.32 Å². The van der Waals surface area contributed by atoms with Crippen LogP contribution < -0.4 is 5.32 Å². The van der Waals surface area contributed by atoms with Crippen molar-refractivity contribution in [3.8, 4) is 0 Å². The first-order valence-electron chi connectivity index (χ1n) is 6.49. The van der Waals surface area contributed by atoms with E-state index >= 15 is 0 Å². The summed E-state index contributed by atoms with van der Waals surface area (Å²) < 4.78 is 0. The number of rotatable bonds is 9. The second kappa shape index (κ2) is 9.92. The number of hydrogen-bond acceptors (Lipinski definition) is 3. The zero-order valence-electron chi connectivity index (χ0n) is 11.4. The topological polar surface area (TPSA) is 66.4 Å². The number of carbonyl (C=O) groups is 2. The molecule has 4 nitrogen and oxygen atoms in total. The maximum absolute atomic E-state index is 11.6. The molecule has 0 spiro atoms. The van der Waals surface area contributed by atoms with Crippen LogP contribution in [-0.2, 0) is 15.3 Å². The molecule has 0 aliphatic rings. The number of benzene rings is 1. The molecule has 116 valence electrons. The highest BCUT2D eigenvalue weighted by Crippen LogP contribution is 2.24. The van der Waals surface area contributed by atoms with Crippen molar-refractivity contribution >= 4 is 46.8 Å². The Labute approximate surface area is 138 Å². The molecule has 21 heavy (non-hydrogen) atoms. The van der Waals surface area contributed by atoms with Crippen molar-refractivity contribution in [2.24, 2.45) is 0 Å². The molecule has 1 rings (SSSR count). The number of halogens is 2. The SMILES string of the molecule is O=C(O)CCCCNC(=O)CSCc1ccc(Cl)cc1Cl. The molecule has 0 atom stereocenters. The summed E-state index contributed by atoms with van der Waals surface area (Å²) in [5, 5.41) is 12.4. The van der Waals surface area contributed by atoms with E-state index in [0.29, 0.717) is 40.9 Å². The van der Waals surface area contributed by atoms with Gasteiger partial charge in [-0.3, -0.25) is 9.59 Å². The first-order valence-corrected chi connectivity index (χ1v) is 8.40. The molecule has 1 aromatic carbocycles. The number of amides is 1. The predicted octanol–water partition coefficient (Wildman–Crippen LogP) is 3.60. The van der Waals surface area contributed by atoms with Crippen molar-refractivity contribution in [1.29, 1.82) is 0 Å². The average molecular weight is 350 g/mol. The zero-order valence-corrected chi connectivity index (χ0v) is 13.7. The number of hydrogen-bond donors (Lipinski definition) is 2. The van der Waals surface area contributed by atoms with Crippen molar-refractivity contribution in [3.63, 3.8) is 0 Å². The molecule has 2 N–H and O–H groups in total. The Kier molecular flexibility index (Phi) is 8.57. The maximum atomic E-state index is 11.6. The summed E-state index contributed by atoms with van der Waals surface area (Å²) >= 11 is 13.3. The fraction of sp³-hybridized carbons (Fsp3) is 0.429. The molecule has 1 aromatic rings. The highest BCUT2D eigenvalue weighted by molar-refractivity contribution is 7.99. The predicted molar refractivity (Wildman–Crippen MR) is 87.1 cm³/mol. The highest BCUT2D eigenvalue weighted by atomic mass is 35.5. The van der Waals surface area contributed by atoms with E-state index in [1.54, 1.807) is 12.1 Å². The van der Waals surface area contributed by atoms with Crippen molar-refractivity contribution in [2.45, 2.75) is 25.0 Å². The molecule has 0 heterocycles. The van der Waals surface area contributed by atoms with Crippen molar-refractivity contribution in [2.75, 3.05) is 12.3 Å². The standard InChI is InChI=1S/C14H17Cl2NO3S/c15-11-5-4-10(12(16)7-11)8-21-9-13(18)17-6-2-1-3-14(19)20/h4-5,7H,1-3,6,8-9H2,(H,17,18)(H,19,20). The lowest BCUT2D eigenvalue weighted by atomic mass is 10.2. The second-order valence-corrected chi connectivity index (χ2v) is 6.26. The summed E-state index contributed by atoms with van der Waals surface area (Å²) in [7, 11) is 0. The molecule has 0 aliphatic carbocycles. The second-order valence-electron chi connectivity index (χ2n) is 4.43. The third-order valence-corrected chi connectivity index (χ3v) is 4.21. The summed E-state index contributed by atoms with van der Waals surface area (Å²) in [4.78, 5) is 21.9. The van der Waals surface area contributed by atoms with Gasteiger partial charge in [-0.1, -0.05) is 29.3 Å². The highest BCUT2D eigenvalue weighted by Gasteiger charge is 2.05. The van der Waals surface area contributed by atoms with Gasteiger partial charge < -0.3 is 10.4 Å². The molecule has 0 saturated carbocycles. The summed E-state index contributed by atoms with van der Waals surface area (Å²) in [6, 6.07) is 5.30. The number of carboxylic acid groups (broad SMARTS) is 1. The van der Waals surface area contributed by atoms with Gasteiger partial charge in [0.05, 0.1) is 5.75 Å².